The fourth-order valence-electron chi connectivity index (χ4n) is 2.63. The Morgan fingerprint density at radius 1 is 1.42 bits per heavy atom. The highest BCUT2D eigenvalue weighted by molar-refractivity contribution is 5.90. The van der Waals surface area contributed by atoms with Crippen LogP contribution in [0.1, 0.15) is 46.0 Å². The maximum absolute atomic E-state index is 12.7. The van der Waals surface area contributed by atoms with Crippen LogP contribution in [0.25, 0.3) is 0 Å². The highest BCUT2D eigenvalue weighted by atomic mass is 16.2. The van der Waals surface area contributed by atoms with Gasteiger partial charge in [0.1, 0.15) is 5.41 Å². The predicted molar refractivity (Wildman–Crippen MR) is 72.1 cm³/mol. The number of amides is 2. The van der Waals surface area contributed by atoms with Crippen LogP contribution in [0.15, 0.2) is 0 Å². The van der Waals surface area contributed by atoms with Crippen molar-refractivity contribution in [3.63, 3.8) is 0 Å². The summed E-state index contributed by atoms with van der Waals surface area (Å²) in [4.78, 5) is 25.7. The Labute approximate surface area is 115 Å². The molecule has 1 aliphatic rings. The highest BCUT2D eigenvalue weighted by Gasteiger charge is 2.40. The van der Waals surface area contributed by atoms with E-state index in [2.05, 4.69) is 11.4 Å². The quantitative estimate of drug-likeness (QED) is 0.817. The molecule has 0 aromatic carbocycles. The lowest BCUT2D eigenvalue weighted by Gasteiger charge is -2.31. The Bertz CT molecular complexity index is 367. The van der Waals surface area contributed by atoms with Gasteiger partial charge in [-0.15, -0.1) is 0 Å². The Morgan fingerprint density at radius 2 is 2.05 bits per heavy atom. The number of hydrogen-bond acceptors (Lipinski definition) is 3. The molecule has 0 aromatic heterocycles. The second-order valence-corrected chi connectivity index (χ2v) is 5.12. The van der Waals surface area contributed by atoms with Crippen molar-refractivity contribution in [2.45, 2.75) is 46.0 Å². The zero-order valence-corrected chi connectivity index (χ0v) is 11.9. The number of carbonyl (C=O) groups excluding carboxylic acids is 2. The fraction of sp³-hybridized carbons (Fsp3) is 0.786. The summed E-state index contributed by atoms with van der Waals surface area (Å²) in [6.07, 6.45) is 3.46. The van der Waals surface area contributed by atoms with Gasteiger partial charge in [-0.25, -0.2) is 0 Å². The van der Waals surface area contributed by atoms with Crippen LogP contribution in [0.2, 0.25) is 0 Å². The lowest BCUT2D eigenvalue weighted by Crippen LogP contribution is -2.46. The van der Waals surface area contributed by atoms with Crippen LogP contribution >= 0.6 is 0 Å². The summed E-state index contributed by atoms with van der Waals surface area (Å²) in [5.74, 6) is -0.304. The summed E-state index contributed by atoms with van der Waals surface area (Å²) < 4.78 is 0. The molecular weight excluding hydrogens is 242 g/mol. The third kappa shape index (κ3) is 3.69. The molecular formula is C14H23N3O2. The first-order valence-electron chi connectivity index (χ1n) is 7.07. The van der Waals surface area contributed by atoms with Gasteiger partial charge in [0.2, 0.25) is 11.8 Å². The van der Waals surface area contributed by atoms with Gasteiger partial charge in [0, 0.05) is 13.1 Å². The summed E-state index contributed by atoms with van der Waals surface area (Å²) in [6.45, 7) is 5.18. The third-order valence-corrected chi connectivity index (χ3v) is 3.53. The van der Waals surface area contributed by atoms with E-state index in [1.54, 1.807) is 4.90 Å². The van der Waals surface area contributed by atoms with Gasteiger partial charge >= 0.3 is 0 Å². The monoisotopic (exact) mass is 265 g/mol. The van der Waals surface area contributed by atoms with Crippen molar-refractivity contribution in [3.05, 3.63) is 0 Å². The molecule has 0 bridgehead atoms. The summed E-state index contributed by atoms with van der Waals surface area (Å²) in [6, 6.07) is 2.23. The second kappa shape index (κ2) is 7.13. The molecule has 0 saturated carbocycles. The first-order valence-corrected chi connectivity index (χ1v) is 7.07. The summed E-state index contributed by atoms with van der Waals surface area (Å²) in [5.41, 5.74) is -0.950. The van der Waals surface area contributed by atoms with Crippen LogP contribution < -0.4 is 5.32 Å². The number of carbonyl (C=O) groups is 2. The largest absolute Gasteiger partial charge is 0.354 e. The van der Waals surface area contributed by atoms with Gasteiger partial charge in [-0.2, -0.15) is 5.26 Å². The number of hydrogen-bond donors (Lipinski definition) is 1. The fourth-order valence-corrected chi connectivity index (χ4v) is 2.63. The molecule has 0 spiro atoms. The third-order valence-electron chi connectivity index (χ3n) is 3.53. The maximum atomic E-state index is 12.7. The normalized spacial score (nSPS) is 16.5. The zero-order valence-electron chi connectivity index (χ0n) is 11.9. The van der Waals surface area contributed by atoms with Crippen molar-refractivity contribution in [1.82, 2.24) is 10.2 Å². The summed E-state index contributed by atoms with van der Waals surface area (Å²) in [7, 11) is 0. The van der Waals surface area contributed by atoms with Gasteiger partial charge in [-0.05, 0) is 19.3 Å². The first-order chi connectivity index (χ1) is 9.09. The molecule has 1 rings (SSSR count). The van der Waals surface area contributed by atoms with Crippen LogP contribution in [-0.4, -0.2) is 36.3 Å². The van der Waals surface area contributed by atoms with Crippen LogP contribution in [0.4, 0.5) is 0 Å². The molecule has 2 amide bonds. The topological polar surface area (TPSA) is 73.2 Å². The standard InChI is InChI=1S/C14H23N3O2/c1-3-6-14(11-15,7-4-2)13(19)17-9-5-8-16-12(18)10-17/h3-10H2,1-2H3,(H,16,18). The van der Waals surface area contributed by atoms with E-state index >= 15 is 0 Å². The number of rotatable bonds is 5. The lowest BCUT2D eigenvalue weighted by atomic mass is 9.79. The van der Waals surface area contributed by atoms with E-state index in [0.29, 0.717) is 25.9 Å². The molecule has 5 nitrogen and oxygen atoms in total. The number of nitrogens with one attached hydrogen (secondary N) is 1. The smallest absolute Gasteiger partial charge is 0.243 e. The minimum absolute atomic E-state index is 0.0791. The van der Waals surface area contributed by atoms with Crippen molar-refractivity contribution >= 4 is 11.8 Å². The molecule has 0 radical (unpaired) electrons. The van der Waals surface area contributed by atoms with Gasteiger partial charge < -0.3 is 10.2 Å². The molecule has 0 unspecified atom stereocenters. The van der Waals surface area contributed by atoms with Crippen molar-refractivity contribution < 1.29 is 9.59 Å². The Morgan fingerprint density at radius 3 is 2.58 bits per heavy atom. The average Bonchev–Trinajstić information content (AvgIpc) is 2.62. The Hall–Kier alpha value is -1.57. The molecule has 1 saturated heterocycles. The maximum Gasteiger partial charge on any atom is 0.243 e. The summed E-state index contributed by atoms with van der Waals surface area (Å²) in [5, 5.41) is 12.2. The van der Waals surface area contributed by atoms with E-state index in [-0.39, 0.29) is 18.4 Å². The van der Waals surface area contributed by atoms with Crippen LogP contribution in [0.5, 0.6) is 0 Å². The van der Waals surface area contributed by atoms with Crippen molar-refractivity contribution in [2.75, 3.05) is 19.6 Å². The number of nitriles is 1. The van der Waals surface area contributed by atoms with E-state index in [0.717, 1.165) is 19.3 Å². The first kappa shape index (κ1) is 15.5. The molecule has 0 aliphatic carbocycles. The number of nitrogens with zero attached hydrogens (tertiary/aromatic N) is 2. The van der Waals surface area contributed by atoms with Crippen molar-refractivity contribution in [3.8, 4) is 6.07 Å². The van der Waals surface area contributed by atoms with E-state index in [1.807, 2.05) is 13.8 Å². The van der Waals surface area contributed by atoms with Crippen LogP contribution in [-0.2, 0) is 9.59 Å². The predicted octanol–water partition coefficient (Wildman–Crippen LogP) is 1.45. The molecule has 106 valence electrons. The minimum atomic E-state index is -0.950. The van der Waals surface area contributed by atoms with Gasteiger partial charge in [0.05, 0.1) is 12.6 Å². The van der Waals surface area contributed by atoms with Crippen molar-refractivity contribution in [1.29, 1.82) is 5.26 Å². The zero-order chi connectivity index (χ0) is 14.3. The van der Waals surface area contributed by atoms with Gasteiger partial charge in [0.25, 0.3) is 0 Å². The van der Waals surface area contributed by atoms with E-state index < -0.39 is 5.41 Å². The van der Waals surface area contributed by atoms with E-state index in [9.17, 15) is 14.9 Å². The summed E-state index contributed by atoms with van der Waals surface area (Å²) >= 11 is 0. The second-order valence-electron chi connectivity index (χ2n) is 5.12. The molecule has 19 heavy (non-hydrogen) atoms. The minimum Gasteiger partial charge on any atom is -0.354 e. The van der Waals surface area contributed by atoms with Gasteiger partial charge in [-0.1, -0.05) is 26.7 Å². The van der Waals surface area contributed by atoms with E-state index in [1.165, 1.54) is 0 Å². The van der Waals surface area contributed by atoms with Gasteiger partial charge in [0.15, 0.2) is 0 Å². The SMILES string of the molecule is CCCC(C#N)(CCC)C(=O)N1CCCNC(=O)C1. The van der Waals surface area contributed by atoms with Crippen LogP contribution in [0.3, 0.4) is 0 Å². The molecule has 1 aliphatic heterocycles. The van der Waals surface area contributed by atoms with Crippen molar-refractivity contribution in [2.24, 2.45) is 5.41 Å². The van der Waals surface area contributed by atoms with E-state index in [4.69, 9.17) is 0 Å². The molecule has 5 heteroatoms. The molecule has 1 N–H and O–H groups in total. The average molecular weight is 265 g/mol. The molecule has 1 fully saturated rings. The Kier molecular flexibility index (Phi) is 5.81. The molecule has 0 atom stereocenters. The van der Waals surface area contributed by atoms with Crippen LogP contribution in [0, 0.1) is 16.7 Å². The lowest BCUT2D eigenvalue weighted by molar-refractivity contribution is -0.142. The Balaban J connectivity index is 2.91. The molecule has 1 heterocycles. The highest BCUT2D eigenvalue weighted by Crippen LogP contribution is 2.31. The van der Waals surface area contributed by atoms with Gasteiger partial charge in [-0.3, -0.25) is 9.59 Å². The molecule has 0 aromatic rings.